The molecule has 2 amide bonds. The molecular weight excluding hydrogens is 574 g/mol. The number of carbonyl (C=O) groups is 2. The van der Waals surface area contributed by atoms with Gasteiger partial charge in [-0.3, -0.25) is 14.5 Å². The summed E-state index contributed by atoms with van der Waals surface area (Å²) in [5.74, 6) is -0.819. The minimum absolute atomic E-state index is 0.134. The fourth-order valence-corrected chi connectivity index (χ4v) is 5.86. The molecule has 7 rings (SSSR count). The molecule has 0 radical (unpaired) electrons. The first-order valence-electron chi connectivity index (χ1n) is 14.6. The van der Waals surface area contributed by atoms with Crippen LogP contribution in [0.15, 0.2) is 121 Å². The van der Waals surface area contributed by atoms with E-state index in [2.05, 4.69) is 10.6 Å². The molecule has 0 bridgehead atoms. The van der Waals surface area contributed by atoms with Gasteiger partial charge < -0.3 is 20.3 Å². The van der Waals surface area contributed by atoms with E-state index in [4.69, 9.17) is 4.74 Å². The lowest BCUT2D eigenvalue weighted by Crippen LogP contribution is -2.45. The minimum Gasteiger partial charge on any atom is -0.492 e. The summed E-state index contributed by atoms with van der Waals surface area (Å²) in [6.07, 6.45) is -1.48. The van der Waals surface area contributed by atoms with E-state index in [0.29, 0.717) is 45.1 Å². The predicted molar refractivity (Wildman–Crippen MR) is 168 cm³/mol. The molecule has 5 aromatic carbocycles. The maximum atomic E-state index is 14.9. The number of ether oxygens (including phenoxy) is 1. The number of amides is 2. The second kappa shape index (κ2) is 11.8. The van der Waals surface area contributed by atoms with Crippen LogP contribution in [0.1, 0.15) is 44.2 Å². The van der Waals surface area contributed by atoms with Gasteiger partial charge in [0.05, 0.1) is 17.7 Å². The van der Waals surface area contributed by atoms with E-state index < -0.39 is 24.0 Å². The van der Waals surface area contributed by atoms with Gasteiger partial charge in [-0.1, -0.05) is 60.7 Å². The van der Waals surface area contributed by atoms with Crippen LogP contribution in [0.3, 0.4) is 0 Å². The number of benzene rings is 5. The van der Waals surface area contributed by atoms with E-state index in [1.807, 2.05) is 12.1 Å². The summed E-state index contributed by atoms with van der Waals surface area (Å²) in [6, 6.07) is 34.0. The van der Waals surface area contributed by atoms with Crippen molar-refractivity contribution in [3.63, 3.8) is 0 Å². The lowest BCUT2D eigenvalue weighted by Gasteiger charge is -2.38. The van der Waals surface area contributed by atoms with E-state index in [9.17, 15) is 18.4 Å². The highest BCUT2D eigenvalue weighted by Crippen LogP contribution is 2.38. The van der Waals surface area contributed by atoms with Gasteiger partial charge in [0.15, 0.2) is 0 Å². The molecule has 2 heterocycles. The Morgan fingerprint density at radius 3 is 1.73 bits per heavy atom. The van der Waals surface area contributed by atoms with Crippen LogP contribution in [0.25, 0.3) is 0 Å². The third kappa shape index (κ3) is 5.22. The zero-order chi connectivity index (χ0) is 30.9. The Balaban J connectivity index is 1.11. The van der Waals surface area contributed by atoms with Gasteiger partial charge in [0.1, 0.15) is 36.3 Å². The van der Waals surface area contributed by atoms with Crippen molar-refractivity contribution in [1.82, 2.24) is 4.90 Å². The third-order valence-corrected chi connectivity index (χ3v) is 8.06. The van der Waals surface area contributed by atoms with Gasteiger partial charge >= 0.3 is 0 Å². The number of anilines is 3. The summed E-state index contributed by atoms with van der Waals surface area (Å²) in [5.41, 5.74) is 3.50. The molecule has 0 aromatic heterocycles. The average Bonchev–Trinajstić information content (AvgIpc) is 3.07. The normalized spacial score (nSPS) is 17.2. The number of hydrogen-bond acceptors (Lipinski definition) is 5. The lowest BCUT2D eigenvalue weighted by molar-refractivity contribution is 0.0648. The van der Waals surface area contributed by atoms with Crippen molar-refractivity contribution in [1.29, 1.82) is 0 Å². The van der Waals surface area contributed by atoms with Crippen LogP contribution in [0.2, 0.25) is 0 Å². The maximum Gasteiger partial charge on any atom is 0.262 e. The summed E-state index contributed by atoms with van der Waals surface area (Å²) in [5, 5.41) is 6.61. The molecule has 0 saturated carbocycles. The Morgan fingerprint density at radius 1 is 0.600 bits per heavy atom. The number of rotatable bonds is 7. The smallest absolute Gasteiger partial charge is 0.262 e. The quantitative estimate of drug-likeness (QED) is 0.203. The molecule has 5 aromatic rings. The van der Waals surface area contributed by atoms with E-state index >= 15 is 0 Å². The summed E-state index contributed by atoms with van der Waals surface area (Å²) in [7, 11) is 0. The highest BCUT2D eigenvalue weighted by atomic mass is 19.1. The minimum atomic E-state index is -0.767. The number of para-hydroxylation sites is 2. The van der Waals surface area contributed by atoms with Crippen LogP contribution in [-0.4, -0.2) is 29.9 Å². The van der Waals surface area contributed by atoms with Gasteiger partial charge in [-0.05, 0) is 60.7 Å². The van der Waals surface area contributed by atoms with Crippen molar-refractivity contribution >= 4 is 28.9 Å². The molecule has 2 atom stereocenters. The molecule has 9 heteroatoms. The molecule has 0 fully saturated rings. The Morgan fingerprint density at radius 2 is 1.11 bits per heavy atom. The predicted octanol–water partition coefficient (Wildman–Crippen LogP) is 7.38. The first kappa shape index (κ1) is 28.1. The number of nitrogens with zero attached hydrogens (tertiary/aromatic N) is 2. The summed E-state index contributed by atoms with van der Waals surface area (Å²) < 4.78 is 35.8. The van der Waals surface area contributed by atoms with Crippen LogP contribution in [0, 0.1) is 11.6 Å². The van der Waals surface area contributed by atoms with Gasteiger partial charge in [-0.25, -0.2) is 8.78 Å². The molecule has 2 unspecified atom stereocenters. The maximum absolute atomic E-state index is 14.9. The van der Waals surface area contributed by atoms with Crippen LogP contribution < -0.4 is 20.3 Å². The Labute approximate surface area is 258 Å². The molecular formula is C36H28F2N4O3. The fraction of sp³-hybridized carbons (Fsp3) is 0.111. The van der Waals surface area contributed by atoms with Gasteiger partial charge in [0, 0.05) is 28.2 Å². The van der Waals surface area contributed by atoms with Crippen molar-refractivity contribution in [2.75, 3.05) is 28.7 Å². The molecule has 224 valence electrons. The first-order chi connectivity index (χ1) is 22.0. The molecule has 0 saturated heterocycles. The number of halogens is 2. The Kier molecular flexibility index (Phi) is 7.34. The zero-order valence-corrected chi connectivity index (χ0v) is 24.0. The first-order valence-corrected chi connectivity index (χ1v) is 14.6. The standard InChI is InChI=1S/C36H28F2N4O3/c37-29-13-5-1-9-25(29)33-39-31-15-7-3-11-27(31)35(43)41(33)21-22-45-24-19-17-23(18-20-24)42-34(26-10-2-6-14-30(26)38)40-32-16-8-4-12-28(32)36(42)44/h1-20,33-34,39-40H,21-22H2. The molecule has 45 heavy (non-hydrogen) atoms. The SMILES string of the molecule is O=C1c2ccccc2NC(c2ccccc2F)N1CCOc1ccc(N2C(=O)c3ccccc3NC2c2ccccc2F)cc1. The van der Waals surface area contributed by atoms with Crippen molar-refractivity contribution in [3.05, 3.63) is 155 Å². The molecule has 0 spiro atoms. The Bertz CT molecular complexity index is 1900. The zero-order valence-electron chi connectivity index (χ0n) is 24.0. The van der Waals surface area contributed by atoms with Crippen LogP contribution in [-0.2, 0) is 0 Å². The summed E-state index contributed by atoms with van der Waals surface area (Å²) >= 11 is 0. The van der Waals surface area contributed by atoms with Crippen LogP contribution in [0.4, 0.5) is 25.8 Å². The number of fused-ring (bicyclic) bond motifs is 2. The topological polar surface area (TPSA) is 73.9 Å². The third-order valence-electron chi connectivity index (χ3n) is 8.06. The van der Waals surface area contributed by atoms with Gasteiger partial charge in [-0.15, -0.1) is 0 Å². The second-order valence-corrected chi connectivity index (χ2v) is 10.7. The highest BCUT2D eigenvalue weighted by molar-refractivity contribution is 6.12. The number of hydrogen-bond donors (Lipinski definition) is 2. The van der Waals surface area contributed by atoms with Gasteiger partial charge in [0.2, 0.25) is 0 Å². The fourth-order valence-electron chi connectivity index (χ4n) is 5.86. The molecule has 0 aliphatic carbocycles. The van der Waals surface area contributed by atoms with Crippen molar-refractivity contribution in [2.45, 2.75) is 12.3 Å². The highest BCUT2D eigenvalue weighted by Gasteiger charge is 2.36. The molecule has 2 aliphatic rings. The van der Waals surface area contributed by atoms with E-state index in [0.717, 1.165) is 0 Å². The van der Waals surface area contributed by atoms with Crippen LogP contribution >= 0.6 is 0 Å². The van der Waals surface area contributed by atoms with E-state index in [1.54, 1.807) is 102 Å². The second-order valence-electron chi connectivity index (χ2n) is 10.7. The van der Waals surface area contributed by atoms with E-state index in [1.165, 1.54) is 17.0 Å². The van der Waals surface area contributed by atoms with Crippen LogP contribution in [0.5, 0.6) is 5.75 Å². The summed E-state index contributed by atoms with van der Waals surface area (Å²) in [6.45, 7) is 0.316. The molecule has 2 aliphatic heterocycles. The van der Waals surface area contributed by atoms with Gasteiger partial charge in [-0.2, -0.15) is 0 Å². The average molecular weight is 603 g/mol. The largest absolute Gasteiger partial charge is 0.492 e. The number of carbonyl (C=O) groups excluding carboxylic acids is 2. The molecule has 2 N–H and O–H groups in total. The Hall–Kier alpha value is -5.70. The van der Waals surface area contributed by atoms with Crippen molar-refractivity contribution in [2.24, 2.45) is 0 Å². The van der Waals surface area contributed by atoms with Gasteiger partial charge in [0.25, 0.3) is 11.8 Å². The monoisotopic (exact) mass is 602 g/mol. The number of nitrogens with one attached hydrogen (secondary N) is 2. The van der Waals surface area contributed by atoms with Crippen molar-refractivity contribution < 1.29 is 23.1 Å². The lowest BCUT2D eigenvalue weighted by atomic mass is 10.0. The van der Waals surface area contributed by atoms with E-state index in [-0.39, 0.29) is 25.0 Å². The van der Waals surface area contributed by atoms with Crippen molar-refractivity contribution in [3.8, 4) is 5.75 Å². The summed E-state index contributed by atoms with van der Waals surface area (Å²) in [4.78, 5) is 30.3. The molecule has 7 nitrogen and oxygen atoms in total.